The van der Waals surface area contributed by atoms with Crippen LogP contribution in [0, 0.1) is 0 Å². The van der Waals surface area contributed by atoms with Crippen molar-refractivity contribution in [1.29, 1.82) is 0 Å². The Morgan fingerprint density at radius 1 is 0.538 bits per heavy atom. The second-order valence-corrected chi connectivity index (χ2v) is 13.6. The maximum absolute atomic E-state index is 2.52. The highest BCUT2D eigenvalue weighted by atomic mass is 32.1. The van der Waals surface area contributed by atoms with Crippen LogP contribution in [0.15, 0.2) is 72.1 Å². The van der Waals surface area contributed by atoms with Crippen molar-refractivity contribution in [3.05, 3.63) is 83.2 Å². The van der Waals surface area contributed by atoms with Gasteiger partial charge in [0, 0.05) is 20.0 Å². The van der Waals surface area contributed by atoms with E-state index in [0.717, 1.165) is 0 Å². The lowest BCUT2D eigenvalue weighted by atomic mass is 9.70. The molecule has 206 valence electrons. The molecule has 0 amide bonds. The zero-order valence-electron chi connectivity index (χ0n) is 24.1. The van der Waals surface area contributed by atoms with Crippen LogP contribution in [-0.4, -0.2) is 0 Å². The zero-order valence-corrected chi connectivity index (χ0v) is 25.8. The van der Waals surface area contributed by atoms with Crippen molar-refractivity contribution >= 4 is 22.7 Å². The molecule has 0 unspecified atom stereocenters. The van der Waals surface area contributed by atoms with E-state index in [1.165, 1.54) is 121 Å². The molecule has 0 bridgehead atoms. The van der Waals surface area contributed by atoms with Crippen LogP contribution in [0.1, 0.15) is 115 Å². The van der Waals surface area contributed by atoms with E-state index in [2.05, 4.69) is 86.0 Å². The molecular weight excluding hydrogens is 509 g/mol. The Hall–Kier alpha value is -2.16. The largest absolute Gasteiger partial charge is 0.143 e. The van der Waals surface area contributed by atoms with Gasteiger partial charge in [-0.15, -0.1) is 22.7 Å². The molecule has 2 aromatic carbocycles. The Balaban J connectivity index is 1.44. The normalized spacial score (nSPS) is 13.5. The number of hydrogen-bond acceptors (Lipinski definition) is 2. The fourth-order valence-corrected chi connectivity index (χ4v) is 8.58. The SMILES string of the molecule is CCCCCCCCC1(CCCCCCCC)c2ccccc2-c2cc(-c3ccc(-c4cccs4)s3)ccc21. The minimum absolute atomic E-state index is 0.178. The highest BCUT2D eigenvalue weighted by molar-refractivity contribution is 7.23. The Bertz CT molecular complexity index is 1280. The lowest BCUT2D eigenvalue weighted by Gasteiger charge is -2.33. The summed E-state index contributed by atoms with van der Waals surface area (Å²) in [6.45, 7) is 4.63. The van der Waals surface area contributed by atoms with E-state index in [-0.39, 0.29) is 5.41 Å². The molecule has 0 nitrogen and oxygen atoms in total. The van der Waals surface area contributed by atoms with Gasteiger partial charge in [-0.05, 0) is 70.3 Å². The van der Waals surface area contributed by atoms with Gasteiger partial charge in [0.05, 0.1) is 0 Å². The lowest BCUT2D eigenvalue weighted by Crippen LogP contribution is -2.25. The molecule has 1 aliphatic carbocycles. The molecule has 0 spiro atoms. The van der Waals surface area contributed by atoms with Gasteiger partial charge in [-0.1, -0.05) is 133 Å². The molecular formula is C37H46S2. The van der Waals surface area contributed by atoms with E-state index < -0.39 is 0 Å². The van der Waals surface area contributed by atoms with Crippen molar-refractivity contribution in [2.75, 3.05) is 0 Å². The fourth-order valence-electron chi connectivity index (χ4n) is 6.74. The number of fused-ring (bicyclic) bond motifs is 3. The molecule has 2 heteroatoms. The molecule has 0 N–H and O–H groups in total. The van der Waals surface area contributed by atoms with Gasteiger partial charge in [-0.3, -0.25) is 0 Å². The van der Waals surface area contributed by atoms with Gasteiger partial charge in [-0.25, -0.2) is 0 Å². The summed E-state index contributed by atoms with van der Waals surface area (Å²) in [5.74, 6) is 0. The quantitative estimate of drug-likeness (QED) is 0.121. The highest BCUT2D eigenvalue weighted by Gasteiger charge is 2.42. The first kappa shape index (κ1) is 28.4. The number of benzene rings is 2. The number of unbranched alkanes of at least 4 members (excludes halogenated alkanes) is 10. The van der Waals surface area contributed by atoms with Crippen LogP contribution in [0.2, 0.25) is 0 Å². The van der Waals surface area contributed by atoms with Crippen LogP contribution in [0.4, 0.5) is 0 Å². The van der Waals surface area contributed by atoms with Gasteiger partial charge in [-0.2, -0.15) is 0 Å². The maximum Gasteiger partial charge on any atom is 0.0449 e. The molecule has 0 saturated heterocycles. The molecule has 0 saturated carbocycles. The number of hydrogen-bond donors (Lipinski definition) is 0. The van der Waals surface area contributed by atoms with Crippen LogP contribution in [0.5, 0.6) is 0 Å². The van der Waals surface area contributed by atoms with Crippen LogP contribution < -0.4 is 0 Å². The summed E-state index contributed by atoms with van der Waals surface area (Å²) < 4.78 is 0. The van der Waals surface area contributed by atoms with E-state index in [1.54, 1.807) is 11.1 Å². The van der Waals surface area contributed by atoms with Crippen molar-refractivity contribution < 1.29 is 0 Å². The monoisotopic (exact) mass is 554 g/mol. The molecule has 4 aromatic rings. The van der Waals surface area contributed by atoms with Gasteiger partial charge < -0.3 is 0 Å². The molecule has 1 aliphatic rings. The average molecular weight is 555 g/mol. The standard InChI is InChI=1S/C37H46S2/c1-3-5-7-9-11-15-25-37(26-16-12-10-8-6-4-2)32-19-14-13-18-30(32)31-28-29(21-22-33(31)37)34-23-24-36(39-34)35-20-17-27-38-35/h13-14,17-24,27-28H,3-12,15-16,25-26H2,1-2H3. The second kappa shape index (κ2) is 14.0. The Labute approximate surface area is 245 Å². The number of rotatable bonds is 16. The fraction of sp³-hybridized carbons (Fsp3) is 0.459. The summed E-state index contributed by atoms with van der Waals surface area (Å²) in [6, 6.07) is 25.9. The second-order valence-electron chi connectivity index (χ2n) is 11.6. The topological polar surface area (TPSA) is 0 Å². The van der Waals surface area contributed by atoms with Crippen molar-refractivity contribution in [1.82, 2.24) is 0 Å². The van der Waals surface area contributed by atoms with Gasteiger partial charge >= 0.3 is 0 Å². The summed E-state index contributed by atoms with van der Waals surface area (Å²) in [5.41, 5.74) is 7.73. The van der Waals surface area contributed by atoms with E-state index in [9.17, 15) is 0 Å². The summed E-state index contributed by atoms with van der Waals surface area (Å²) >= 11 is 3.76. The molecule has 39 heavy (non-hydrogen) atoms. The lowest BCUT2D eigenvalue weighted by molar-refractivity contribution is 0.398. The summed E-state index contributed by atoms with van der Waals surface area (Å²) in [5, 5.41) is 2.17. The minimum atomic E-state index is 0.178. The van der Waals surface area contributed by atoms with Crippen LogP contribution in [0.3, 0.4) is 0 Å². The van der Waals surface area contributed by atoms with Crippen LogP contribution in [0.25, 0.3) is 31.3 Å². The summed E-state index contributed by atoms with van der Waals surface area (Å²) in [6.07, 6.45) is 19.0. The summed E-state index contributed by atoms with van der Waals surface area (Å²) in [4.78, 5) is 4.12. The van der Waals surface area contributed by atoms with Gasteiger partial charge in [0.2, 0.25) is 0 Å². The highest BCUT2D eigenvalue weighted by Crippen LogP contribution is 2.55. The van der Waals surface area contributed by atoms with Crippen molar-refractivity contribution in [3.8, 4) is 31.3 Å². The van der Waals surface area contributed by atoms with Crippen molar-refractivity contribution in [2.45, 2.75) is 109 Å². The Kier molecular flexibility index (Phi) is 10.1. The number of thiophene rings is 2. The third-order valence-corrected chi connectivity index (χ3v) is 11.0. The van der Waals surface area contributed by atoms with E-state index in [4.69, 9.17) is 0 Å². The molecule has 0 radical (unpaired) electrons. The zero-order chi connectivity index (χ0) is 26.9. The average Bonchev–Trinajstić information content (AvgIpc) is 3.72. The predicted molar refractivity (Wildman–Crippen MR) is 175 cm³/mol. The van der Waals surface area contributed by atoms with E-state index in [0.29, 0.717) is 0 Å². The molecule has 5 rings (SSSR count). The van der Waals surface area contributed by atoms with Crippen LogP contribution >= 0.6 is 22.7 Å². The molecule has 0 fully saturated rings. The first-order valence-electron chi connectivity index (χ1n) is 15.7. The molecule has 0 atom stereocenters. The third kappa shape index (κ3) is 6.44. The predicted octanol–water partition coefficient (Wildman–Crippen LogP) is 12.9. The first-order valence-corrected chi connectivity index (χ1v) is 17.3. The van der Waals surface area contributed by atoms with E-state index in [1.807, 2.05) is 22.7 Å². The van der Waals surface area contributed by atoms with Crippen molar-refractivity contribution in [2.24, 2.45) is 0 Å². The van der Waals surface area contributed by atoms with Gasteiger partial charge in [0.15, 0.2) is 0 Å². The third-order valence-electron chi connectivity index (χ3n) is 8.84. The van der Waals surface area contributed by atoms with Gasteiger partial charge in [0.1, 0.15) is 0 Å². The first-order chi connectivity index (χ1) is 19.3. The molecule has 2 aromatic heterocycles. The van der Waals surface area contributed by atoms with Crippen LogP contribution in [-0.2, 0) is 5.41 Å². The summed E-state index contributed by atoms with van der Waals surface area (Å²) in [7, 11) is 0. The molecule has 0 aliphatic heterocycles. The van der Waals surface area contributed by atoms with Gasteiger partial charge in [0.25, 0.3) is 0 Å². The molecule has 2 heterocycles. The smallest absolute Gasteiger partial charge is 0.0449 e. The maximum atomic E-state index is 2.52. The Morgan fingerprint density at radius 3 is 1.87 bits per heavy atom. The Morgan fingerprint density at radius 2 is 1.18 bits per heavy atom. The minimum Gasteiger partial charge on any atom is -0.143 e. The van der Waals surface area contributed by atoms with Crippen molar-refractivity contribution in [3.63, 3.8) is 0 Å². The van der Waals surface area contributed by atoms with E-state index >= 15 is 0 Å².